The third kappa shape index (κ3) is 2.96. The monoisotopic (exact) mass is 378 g/mol. The summed E-state index contributed by atoms with van der Waals surface area (Å²) in [5, 5.41) is 9.80. The minimum Gasteiger partial charge on any atom is -0.383 e. The number of fused-ring (bicyclic) bond motifs is 1. The molecule has 0 bridgehead atoms. The van der Waals surface area contributed by atoms with Crippen molar-refractivity contribution in [2.75, 3.05) is 5.73 Å². The highest BCUT2D eigenvalue weighted by Crippen LogP contribution is 2.34. The van der Waals surface area contributed by atoms with E-state index in [-0.39, 0.29) is 29.3 Å². The second-order valence-corrected chi connectivity index (χ2v) is 7.06. The SMILES string of the molecule is CC(C)Cn1c(=O)n(C)c(=O)c2c(-c3ccccc3C#N)c(CN)c(N)nc21. The molecule has 0 radical (unpaired) electrons. The van der Waals surface area contributed by atoms with Crippen LogP contribution >= 0.6 is 0 Å². The Bertz CT molecular complexity index is 1230. The van der Waals surface area contributed by atoms with Gasteiger partial charge in [0.2, 0.25) is 0 Å². The van der Waals surface area contributed by atoms with E-state index in [1.165, 1.54) is 11.6 Å². The fraction of sp³-hybridized carbons (Fsp3) is 0.300. The number of rotatable bonds is 4. The van der Waals surface area contributed by atoms with E-state index in [2.05, 4.69) is 11.1 Å². The maximum atomic E-state index is 13.1. The number of anilines is 1. The van der Waals surface area contributed by atoms with Crippen molar-refractivity contribution in [2.45, 2.75) is 26.9 Å². The summed E-state index contributed by atoms with van der Waals surface area (Å²) in [4.78, 5) is 30.2. The van der Waals surface area contributed by atoms with Gasteiger partial charge in [0.15, 0.2) is 5.65 Å². The highest BCUT2D eigenvalue weighted by molar-refractivity contribution is 5.97. The molecule has 3 rings (SSSR count). The molecular formula is C20H22N6O2. The van der Waals surface area contributed by atoms with Crippen LogP contribution in [-0.4, -0.2) is 14.1 Å². The van der Waals surface area contributed by atoms with Crippen LogP contribution in [-0.2, 0) is 20.1 Å². The van der Waals surface area contributed by atoms with Gasteiger partial charge in [-0.05, 0) is 12.0 Å². The van der Waals surface area contributed by atoms with Gasteiger partial charge in [0.1, 0.15) is 5.82 Å². The Labute approximate surface area is 161 Å². The second kappa shape index (κ2) is 7.29. The van der Waals surface area contributed by atoms with E-state index in [1.807, 2.05) is 13.8 Å². The van der Waals surface area contributed by atoms with Crippen molar-refractivity contribution in [1.82, 2.24) is 14.1 Å². The van der Waals surface area contributed by atoms with Crippen LogP contribution in [0.1, 0.15) is 25.0 Å². The molecule has 0 saturated carbocycles. The van der Waals surface area contributed by atoms with E-state index >= 15 is 0 Å². The van der Waals surface area contributed by atoms with Crippen LogP contribution in [0.3, 0.4) is 0 Å². The number of benzene rings is 1. The third-order valence-corrected chi connectivity index (χ3v) is 4.67. The van der Waals surface area contributed by atoms with Crippen LogP contribution in [0.4, 0.5) is 5.82 Å². The molecule has 2 heterocycles. The van der Waals surface area contributed by atoms with Gasteiger partial charge in [-0.25, -0.2) is 9.78 Å². The fourth-order valence-corrected chi connectivity index (χ4v) is 3.38. The summed E-state index contributed by atoms with van der Waals surface area (Å²) in [7, 11) is 1.43. The van der Waals surface area contributed by atoms with Crippen LogP contribution in [0.2, 0.25) is 0 Å². The second-order valence-electron chi connectivity index (χ2n) is 7.06. The lowest BCUT2D eigenvalue weighted by Gasteiger charge is -2.19. The number of nitrogens with two attached hydrogens (primary N) is 2. The van der Waals surface area contributed by atoms with Gasteiger partial charge in [-0.2, -0.15) is 5.26 Å². The number of hydrogen-bond donors (Lipinski definition) is 2. The average Bonchev–Trinajstić information content (AvgIpc) is 2.68. The molecule has 0 unspecified atom stereocenters. The first kappa shape index (κ1) is 19.3. The van der Waals surface area contributed by atoms with Gasteiger partial charge in [0, 0.05) is 36.8 Å². The molecule has 0 aliphatic heterocycles. The maximum absolute atomic E-state index is 13.1. The Hall–Kier alpha value is -3.44. The molecule has 28 heavy (non-hydrogen) atoms. The lowest BCUT2D eigenvalue weighted by molar-refractivity contribution is 0.500. The van der Waals surface area contributed by atoms with Crippen LogP contribution in [0.15, 0.2) is 33.9 Å². The van der Waals surface area contributed by atoms with Gasteiger partial charge in [0.25, 0.3) is 5.56 Å². The molecule has 0 saturated heterocycles. The van der Waals surface area contributed by atoms with E-state index < -0.39 is 11.2 Å². The van der Waals surface area contributed by atoms with Crippen LogP contribution in [0, 0.1) is 17.2 Å². The Balaban J connectivity index is 2.64. The molecule has 0 fully saturated rings. The summed E-state index contributed by atoms with van der Waals surface area (Å²) < 4.78 is 2.51. The predicted octanol–water partition coefficient (Wildman–Crippen LogP) is 1.33. The normalized spacial score (nSPS) is 11.1. The van der Waals surface area contributed by atoms with Crippen LogP contribution in [0.25, 0.3) is 22.2 Å². The Kier molecular flexibility index (Phi) is 5.03. The summed E-state index contributed by atoms with van der Waals surface area (Å²) in [6.45, 7) is 4.34. The molecule has 3 aromatic rings. The summed E-state index contributed by atoms with van der Waals surface area (Å²) >= 11 is 0. The van der Waals surface area contributed by atoms with E-state index in [0.29, 0.717) is 28.8 Å². The van der Waals surface area contributed by atoms with Gasteiger partial charge < -0.3 is 11.5 Å². The highest BCUT2D eigenvalue weighted by atomic mass is 16.2. The van der Waals surface area contributed by atoms with Gasteiger partial charge in [-0.1, -0.05) is 32.0 Å². The minimum atomic E-state index is -0.495. The number of nitriles is 1. The topological polar surface area (TPSA) is 133 Å². The zero-order valence-electron chi connectivity index (χ0n) is 16.1. The number of pyridine rings is 1. The summed E-state index contributed by atoms with van der Waals surface area (Å²) in [6, 6.07) is 9.05. The average molecular weight is 378 g/mol. The van der Waals surface area contributed by atoms with Crippen molar-refractivity contribution in [3.63, 3.8) is 0 Å². The van der Waals surface area contributed by atoms with Crippen LogP contribution in [0.5, 0.6) is 0 Å². The fourth-order valence-electron chi connectivity index (χ4n) is 3.38. The molecule has 1 aromatic carbocycles. The van der Waals surface area contributed by atoms with Crippen molar-refractivity contribution in [3.8, 4) is 17.2 Å². The Morgan fingerprint density at radius 1 is 1.25 bits per heavy atom. The number of aromatic nitrogens is 3. The van der Waals surface area contributed by atoms with E-state index in [1.54, 1.807) is 24.3 Å². The number of nitrogens with zero attached hydrogens (tertiary/aromatic N) is 4. The number of nitrogen functional groups attached to an aromatic ring is 1. The molecule has 144 valence electrons. The maximum Gasteiger partial charge on any atom is 0.332 e. The molecule has 0 atom stereocenters. The molecule has 2 aromatic heterocycles. The highest BCUT2D eigenvalue weighted by Gasteiger charge is 2.23. The lowest BCUT2D eigenvalue weighted by Crippen LogP contribution is -2.39. The molecule has 4 N–H and O–H groups in total. The van der Waals surface area contributed by atoms with E-state index in [0.717, 1.165) is 4.57 Å². The third-order valence-electron chi connectivity index (χ3n) is 4.67. The molecule has 8 heteroatoms. The summed E-state index contributed by atoms with van der Waals surface area (Å²) in [5.74, 6) is 0.286. The number of hydrogen-bond acceptors (Lipinski definition) is 6. The van der Waals surface area contributed by atoms with Crippen molar-refractivity contribution < 1.29 is 0 Å². The standard InChI is InChI=1S/C20H22N6O2/c1-11(2)10-26-18-16(19(27)25(3)20(26)28)15(14(9-22)17(23)24-18)13-7-5-4-6-12(13)8-21/h4-7,11H,9-10,22H2,1-3H3,(H2,23,24). The molecular weight excluding hydrogens is 356 g/mol. The van der Waals surface area contributed by atoms with E-state index in [4.69, 9.17) is 11.5 Å². The quantitative estimate of drug-likeness (QED) is 0.704. The van der Waals surface area contributed by atoms with Gasteiger partial charge in [0.05, 0.1) is 17.0 Å². The lowest BCUT2D eigenvalue weighted by atomic mass is 9.93. The minimum absolute atomic E-state index is 0.0380. The zero-order chi connectivity index (χ0) is 20.6. The first-order valence-corrected chi connectivity index (χ1v) is 8.93. The first-order valence-electron chi connectivity index (χ1n) is 8.93. The molecule has 0 aliphatic carbocycles. The molecule has 0 amide bonds. The largest absolute Gasteiger partial charge is 0.383 e. The smallest absolute Gasteiger partial charge is 0.332 e. The zero-order valence-corrected chi connectivity index (χ0v) is 16.1. The van der Waals surface area contributed by atoms with Crippen molar-refractivity contribution in [3.05, 3.63) is 56.2 Å². The van der Waals surface area contributed by atoms with E-state index in [9.17, 15) is 14.9 Å². The predicted molar refractivity (Wildman–Crippen MR) is 109 cm³/mol. The molecule has 0 spiro atoms. The van der Waals surface area contributed by atoms with Crippen LogP contribution < -0.4 is 22.7 Å². The summed E-state index contributed by atoms with van der Waals surface area (Å²) in [5.41, 5.74) is 13.2. The van der Waals surface area contributed by atoms with Gasteiger partial charge in [-0.15, -0.1) is 0 Å². The Morgan fingerprint density at radius 3 is 2.54 bits per heavy atom. The van der Waals surface area contributed by atoms with Crippen molar-refractivity contribution in [2.24, 2.45) is 18.7 Å². The molecule has 0 aliphatic rings. The first-order chi connectivity index (χ1) is 13.3. The molecule has 8 nitrogen and oxygen atoms in total. The van der Waals surface area contributed by atoms with Gasteiger partial charge >= 0.3 is 5.69 Å². The van der Waals surface area contributed by atoms with Crippen molar-refractivity contribution in [1.29, 1.82) is 5.26 Å². The Morgan fingerprint density at radius 2 is 1.93 bits per heavy atom. The van der Waals surface area contributed by atoms with Gasteiger partial charge in [-0.3, -0.25) is 13.9 Å². The summed E-state index contributed by atoms with van der Waals surface area (Å²) in [6.07, 6.45) is 0. The van der Waals surface area contributed by atoms with Crippen molar-refractivity contribution >= 4 is 16.9 Å².